The van der Waals surface area contributed by atoms with E-state index in [0.29, 0.717) is 30.2 Å². The maximum Gasteiger partial charge on any atom is 0.257 e. The van der Waals surface area contributed by atoms with Gasteiger partial charge in [0.2, 0.25) is 5.91 Å². The first kappa shape index (κ1) is 16.2. The Morgan fingerprint density at radius 2 is 1.89 bits per heavy atom. The van der Waals surface area contributed by atoms with Crippen molar-refractivity contribution in [1.29, 1.82) is 0 Å². The highest BCUT2D eigenvalue weighted by atomic mass is 19.1. The predicted octanol–water partition coefficient (Wildman–Crippen LogP) is 3.88. The Kier molecular flexibility index (Phi) is 3.77. The molecule has 0 spiro atoms. The smallest absolute Gasteiger partial charge is 0.257 e. The summed E-state index contributed by atoms with van der Waals surface area (Å²) in [6.45, 7) is 0.542. The summed E-state index contributed by atoms with van der Waals surface area (Å²) >= 11 is 0. The third-order valence-electron chi connectivity index (χ3n) is 5.42. The van der Waals surface area contributed by atoms with Crippen LogP contribution in [0.3, 0.4) is 0 Å². The molecular formula is C21H18FN3O2. The number of carbonyl (C=O) groups excluding carboxylic acids is 1. The maximum absolute atomic E-state index is 13.1. The first-order chi connectivity index (χ1) is 13.2. The van der Waals surface area contributed by atoms with Gasteiger partial charge < -0.3 is 9.42 Å². The number of benzene rings is 2. The molecule has 1 aliphatic carbocycles. The molecule has 1 amide bonds. The largest absolute Gasteiger partial charge is 0.334 e. The summed E-state index contributed by atoms with van der Waals surface area (Å²) in [6.07, 6.45) is 3.76. The molecule has 0 N–H and O–H groups in total. The van der Waals surface area contributed by atoms with E-state index in [9.17, 15) is 9.18 Å². The number of hydrogen-bond acceptors (Lipinski definition) is 4. The summed E-state index contributed by atoms with van der Waals surface area (Å²) in [4.78, 5) is 18.8. The van der Waals surface area contributed by atoms with Gasteiger partial charge in [-0.05, 0) is 66.8 Å². The van der Waals surface area contributed by atoms with Gasteiger partial charge in [0.25, 0.3) is 5.89 Å². The van der Waals surface area contributed by atoms with Crippen LogP contribution >= 0.6 is 0 Å². The molecule has 3 aromatic rings. The molecule has 0 bridgehead atoms. The van der Waals surface area contributed by atoms with Crippen molar-refractivity contribution in [2.24, 2.45) is 0 Å². The zero-order chi connectivity index (χ0) is 18.4. The van der Waals surface area contributed by atoms with Crippen LogP contribution < -0.4 is 4.90 Å². The molecule has 0 saturated carbocycles. The van der Waals surface area contributed by atoms with Crippen molar-refractivity contribution in [1.82, 2.24) is 10.1 Å². The molecule has 5 nitrogen and oxygen atoms in total. The van der Waals surface area contributed by atoms with Gasteiger partial charge in [0.1, 0.15) is 5.82 Å². The zero-order valence-corrected chi connectivity index (χ0v) is 14.7. The fourth-order valence-corrected chi connectivity index (χ4v) is 3.97. The summed E-state index contributed by atoms with van der Waals surface area (Å²) in [7, 11) is 0. The Hall–Kier alpha value is -3.02. The number of aromatic nitrogens is 2. The maximum atomic E-state index is 13.1. The minimum absolute atomic E-state index is 0.0751. The van der Waals surface area contributed by atoms with Gasteiger partial charge in [-0.15, -0.1) is 0 Å². The van der Waals surface area contributed by atoms with Crippen LogP contribution in [0.4, 0.5) is 10.1 Å². The van der Waals surface area contributed by atoms with Crippen molar-refractivity contribution >= 4 is 11.6 Å². The lowest BCUT2D eigenvalue weighted by Gasteiger charge is -2.17. The summed E-state index contributed by atoms with van der Waals surface area (Å²) in [5, 5.41) is 4.06. The van der Waals surface area contributed by atoms with Crippen molar-refractivity contribution < 1.29 is 13.7 Å². The minimum atomic E-state index is -0.315. The molecule has 1 fully saturated rings. The van der Waals surface area contributed by atoms with E-state index in [1.54, 1.807) is 12.1 Å². The van der Waals surface area contributed by atoms with Crippen LogP contribution in [0, 0.1) is 5.82 Å². The van der Waals surface area contributed by atoms with E-state index in [-0.39, 0.29) is 17.6 Å². The topological polar surface area (TPSA) is 59.2 Å². The highest BCUT2D eigenvalue weighted by molar-refractivity contribution is 5.96. The first-order valence-electron chi connectivity index (χ1n) is 9.19. The van der Waals surface area contributed by atoms with Gasteiger partial charge in [-0.25, -0.2) is 4.39 Å². The van der Waals surface area contributed by atoms with Gasteiger partial charge in [-0.1, -0.05) is 11.2 Å². The number of carbonyl (C=O) groups is 1. The van der Waals surface area contributed by atoms with Crippen LogP contribution in [0.1, 0.15) is 35.7 Å². The summed E-state index contributed by atoms with van der Waals surface area (Å²) in [5.74, 6) is 0.513. The summed E-state index contributed by atoms with van der Waals surface area (Å²) < 4.78 is 18.4. The molecule has 2 heterocycles. The van der Waals surface area contributed by atoms with Crippen molar-refractivity contribution in [3.05, 3.63) is 65.2 Å². The Balaban J connectivity index is 1.37. The Morgan fingerprint density at radius 1 is 1.07 bits per heavy atom. The van der Waals surface area contributed by atoms with E-state index in [2.05, 4.69) is 22.3 Å². The number of aryl methyl sites for hydroxylation is 2. The van der Waals surface area contributed by atoms with Crippen LogP contribution in [0.2, 0.25) is 0 Å². The number of nitrogens with zero attached hydrogens (tertiary/aromatic N) is 3. The van der Waals surface area contributed by atoms with Crippen molar-refractivity contribution in [3.8, 4) is 11.5 Å². The first-order valence-corrected chi connectivity index (χ1v) is 9.19. The second-order valence-electron chi connectivity index (χ2n) is 7.18. The average molecular weight is 363 g/mol. The van der Waals surface area contributed by atoms with Gasteiger partial charge in [-0.3, -0.25) is 4.79 Å². The Morgan fingerprint density at radius 3 is 2.74 bits per heavy atom. The fourth-order valence-electron chi connectivity index (χ4n) is 3.97. The Labute approximate surface area is 155 Å². The summed E-state index contributed by atoms with van der Waals surface area (Å²) in [5.41, 5.74) is 4.35. The molecule has 1 unspecified atom stereocenters. The third-order valence-corrected chi connectivity index (χ3v) is 5.42. The third kappa shape index (κ3) is 2.91. The number of halogens is 1. The summed E-state index contributed by atoms with van der Waals surface area (Å²) in [6, 6.07) is 12.2. The van der Waals surface area contributed by atoms with Crippen LogP contribution in [-0.4, -0.2) is 22.6 Å². The molecule has 27 heavy (non-hydrogen) atoms. The van der Waals surface area contributed by atoms with E-state index >= 15 is 0 Å². The Bertz CT molecular complexity index is 1010. The average Bonchev–Trinajstić information content (AvgIpc) is 3.40. The van der Waals surface area contributed by atoms with E-state index in [4.69, 9.17) is 4.52 Å². The lowest BCUT2D eigenvalue weighted by atomic mass is 10.1. The van der Waals surface area contributed by atoms with Crippen LogP contribution in [0.15, 0.2) is 47.0 Å². The molecular weight excluding hydrogens is 345 g/mol. The van der Waals surface area contributed by atoms with Crippen molar-refractivity contribution in [2.45, 2.75) is 31.6 Å². The molecule has 1 aliphatic heterocycles. The van der Waals surface area contributed by atoms with Gasteiger partial charge in [0.15, 0.2) is 5.82 Å². The van der Waals surface area contributed by atoms with Crippen molar-refractivity contribution in [2.75, 3.05) is 11.4 Å². The van der Waals surface area contributed by atoms with Crippen molar-refractivity contribution in [3.63, 3.8) is 0 Å². The second-order valence-corrected chi connectivity index (χ2v) is 7.18. The van der Waals surface area contributed by atoms with E-state index in [1.165, 1.54) is 29.7 Å². The normalized spacial score (nSPS) is 18.9. The lowest BCUT2D eigenvalue weighted by molar-refractivity contribution is -0.117. The standard InChI is InChI=1S/C21H18FN3O2/c22-17-7-4-14(5-8-17)21-23-20(24-27-21)16-11-19(26)25(12-16)18-9-6-13-2-1-3-15(13)10-18/h4-10,16H,1-3,11-12H2. The molecule has 5 rings (SSSR count). The molecule has 1 saturated heterocycles. The van der Waals surface area contributed by atoms with E-state index < -0.39 is 0 Å². The number of amides is 1. The quantitative estimate of drug-likeness (QED) is 0.708. The van der Waals surface area contributed by atoms with E-state index in [1.807, 2.05) is 11.0 Å². The van der Waals surface area contributed by atoms with Crippen LogP contribution in [0.25, 0.3) is 11.5 Å². The minimum Gasteiger partial charge on any atom is -0.334 e. The molecule has 1 atom stereocenters. The highest BCUT2D eigenvalue weighted by Crippen LogP contribution is 2.34. The molecule has 2 aromatic carbocycles. The van der Waals surface area contributed by atoms with Crippen LogP contribution in [-0.2, 0) is 17.6 Å². The molecule has 2 aliphatic rings. The van der Waals surface area contributed by atoms with Gasteiger partial charge in [-0.2, -0.15) is 4.98 Å². The number of fused-ring (bicyclic) bond motifs is 1. The fraction of sp³-hybridized carbons (Fsp3) is 0.286. The van der Waals surface area contributed by atoms with Gasteiger partial charge in [0.05, 0.1) is 0 Å². The number of anilines is 1. The van der Waals surface area contributed by atoms with Gasteiger partial charge >= 0.3 is 0 Å². The monoisotopic (exact) mass is 363 g/mol. The predicted molar refractivity (Wildman–Crippen MR) is 97.9 cm³/mol. The number of rotatable bonds is 3. The van der Waals surface area contributed by atoms with Gasteiger partial charge in [0, 0.05) is 30.1 Å². The molecule has 1 aromatic heterocycles. The van der Waals surface area contributed by atoms with E-state index in [0.717, 1.165) is 18.5 Å². The SMILES string of the molecule is O=C1CC(c2noc(-c3ccc(F)cc3)n2)CN1c1ccc2c(c1)CCC2. The number of hydrogen-bond donors (Lipinski definition) is 0. The molecule has 0 radical (unpaired) electrons. The molecule has 136 valence electrons. The molecule has 6 heteroatoms. The van der Waals surface area contributed by atoms with Crippen LogP contribution in [0.5, 0.6) is 0 Å². The lowest BCUT2D eigenvalue weighted by Crippen LogP contribution is -2.24. The second kappa shape index (κ2) is 6.30. The zero-order valence-electron chi connectivity index (χ0n) is 14.7. The highest BCUT2D eigenvalue weighted by Gasteiger charge is 2.35.